The Hall–Kier alpha value is -2.48. The molecule has 0 spiro atoms. The third-order valence-corrected chi connectivity index (χ3v) is 3.36. The van der Waals surface area contributed by atoms with E-state index in [9.17, 15) is 4.79 Å². The first kappa shape index (κ1) is 13.5. The van der Waals surface area contributed by atoms with Gasteiger partial charge in [-0.1, -0.05) is 6.07 Å². The SMILES string of the molecule is N#C/C(=C\c1ccc2c(c1)OCCCO2)C(=O)NC1CC1. The van der Waals surface area contributed by atoms with Crippen LogP contribution in [0.4, 0.5) is 0 Å². The average molecular weight is 284 g/mol. The van der Waals surface area contributed by atoms with Gasteiger partial charge in [0.1, 0.15) is 11.6 Å². The number of benzene rings is 1. The maximum absolute atomic E-state index is 11.9. The maximum Gasteiger partial charge on any atom is 0.262 e. The van der Waals surface area contributed by atoms with Gasteiger partial charge < -0.3 is 14.8 Å². The number of carbonyl (C=O) groups excluding carboxylic acids is 1. The molecule has 0 aromatic heterocycles. The van der Waals surface area contributed by atoms with E-state index in [0.717, 1.165) is 24.8 Å². The summed E-state index contributed by atoms with van der Waals surface area (Å²) < 4.78 is 11.2. The Bertz CT molecular complexity index is 627. The van der Waals surface area contributed by atoms with Gasteiger partial charge in [0, 0.05) is 12.5 Å². The Morgan fingerprint density at radius 1 is 1.29 bits per heavy atom. The van der Waals surface area contributed by atoms with Crippen molar-refractivity contribution in [2.75, 3.05) is 13.2 Å². The highest BCUT2D eigenvalue weighted by Gasteiger charge is 2.24. The van der Waals surface area contributed by atoms with Gasteiger partial charge in [0.25, 0.3) is 5.91 Å². The van der Waals surface area contributed by atoms with E-state index in [1.165, 1.54) is 0 Å². The molecule has 1 fully saturated rings. The molecule has 1 aromatic rings. The van der Waals surface area contributed by atoms with Crippen molar-refractivity contribution >= 4 is 12.0 Å². The largest absolute Gasteiger partial charge is 0.490 e. The number of hydrogen-bond acceptors (Lipinski definition) is 4. The molecule has 1 heterocycles. The zero-order valence-electron chi connectivity index (χ0n) is 11.6. The van der Waals surface area contributed by atoms with Crippen LogP contribution in [0.2, 0.25) is 0 Å². The Morgan fingerprint density at radius 3 is 2.76 bits per heavy atom. The minimum Gasteiger partial charge on any atom is -0.490 e. The zero-order chi connectivity index (χ0) is 14.7. The third-order valence-electron chi connectivity index (χ3n) is 3.36. The van der Waals surface area contributed by atoms with E-state index in [2.05, 4.69) is 5.32 Å². The highest BCUT2D eigenvalue weighted by Crippen LogP contribution is 2.31. The maximum atomic E-state index is 11.9. The number of fused-ring (bicyclic) bond motifs is 1. The molecule has 3 rings (SSSR count). The van der Waals surface area contributed by atoms with Crippen LogP contribution in [0.3, 0.4) is 0 Å². The highest BCUT2D eigenvalue weighted by molar-refractivity contribution is 6.02. The number of rotatable bonds is 3. The van der Waals surface area contributed by atoms with Crippen molar-refractivity contribution in [1.29, 1.82) is 5.26 Å². The molecule has 1 aromatic carbocycles. The van der Waals surface area contributed by atoms with E-state index in [1.54, 1.807) is 18.2 Å². The van der Waals surface area contributed by atoms with E-state index in [1.807, 2.05) is 12.1 Å². The molecule has 0 unspecified atom stereocenters. The average Bonchev–Trinajstić information content (AvgIpc) is 3.30. The molecule has 2 aliphatic rings. The summed E-state index contributed by atoms with van der Waals surface area (Å²) in [5.41, 5.74) is 0.859. The minimum atomic E-state index is -0.313. The van der Waals surface area contributed by atoms with Crippen LogP contribution in [-0.4, -0.2) is 25.2 Å². The summed E-state index contributed by atoms with van der Waals surface area (Å²) in [6.07, 6.45) is 4.41. The molecular formula is C16H16N2O3. The molecule has 1 aliphatic carbocycles. The van der Waals surface area contributed by atoms with E-state index in [4.69, 9.17) is 14.7 Å². The van der Waals surface area contributed by atoms with Gasteiger partial charge in [0.2, 0.25) is 0 Å². The first-order valence-corrected chi connectivity index (χ1v) is 7.08. The predicted octanol–water partition coefficient (Wildman–Crippen LogP) is 2.03. The second-order valence-corrected chi connectivity index (χ2v) is 5.17. The summed E-state index contributed by atoms with van der Waals surface area (Å²) in [6.45, 7) is 1.24. The van der Waals surface area contributed by atoms with Crippen LogP contribution >= 0.6 is 0 Å². The molecule has 1 saturated carbocycles. The molecule has 1 aliphatic heterocycles. The Balaban J connectivity index is 1.81. The zero-order valence-corrected chi connectivity index (χ0v) is 11.6. The van der Waals surface area contributed by atoms with Crippen molar-refractivity contribution in [3.8, 4) is 17.6 Å². The quantitative estimate of drug-likeness (QED) is 0.681. The van der Waals surface area contributed by atoms with Gasteiger partial charge in [-0.2, -0.15) is 5.26 Å². The topological polar surface area (TPSA) is 71.3 Å². The number of ether oxygens (including phenoxy) is 2. The number of nitriles is 1. The van der Waals surface area contributed by atoms with Crippen molar-refractivity contribution in [3.05, 3.63) is 29.3 Å². The number of hydrogen-bond donors (Lipinski definition) is 1. The van der Waals surface area contributed by atoms with Gasteiger partial charge in [-0.15, -0.1) is 0 Å². The van der Waals surface area contributed by atoms with Gasteiger partial charge in [-0.3, -0.25) is 4.79 Å². The number of amides is 1. The monoisotopic (exact) mass is 284 g/mol. The van der Waals surface area contributed by atoms with Crippen LogP contribution in [0.5, 0.6) is 11.5 Å². The minimum absolute atomic E-state index is 0.108. The van der Waals surface area contributed by atoms with Crippen LogP contribution in [-0.2, 0) is 4.79 Å². The molecule has 1 amide bonds. The first-order chi connectivity index (χ1) is 10.3. The second-order valence-electron chi connectivity index (χ2n) is 5.17. The summed E-state index contributed by atoms with van der Waals surface area (Å²) in [5, 5.41) is 12.0. The first-order valence-electron chi connectivity index (χ1n) is 7.08. The smallest absolute Gasteiger partial charge is 0.262 e. The molecule has 0 bridgehead atoms. The molecule has 1 N–H and O–H groups in total. The summed E-state index contributed by atoms with van der Waals surface area (Å²) in [4.78, 5) is 11.9. The lowest BCUT2D eigenvalue weighted by Crippen LogP contribution is -2.26. The van der Waals surface area contributed by atoms with E-state index in [0.29, 0.717) is 24.7 Å². The van der Waals surface area contributed by atoms with Crippen molar-refractivity contribution in [2.45, 2.75) is 25.3 Å². The fraction of sp³-hybridized carbons (Fsp3) is 0.375. The standard InChI is InChI=1S/C16H16N2O3/c17-10-12(16(19)18-13-3-4-13)8-11-2-5-14-15(9-11)21-7-1-6-20-14/h2,5,8-9,13H,1,3-4,6-7H2,(H,18,19)/b12-8+. The second kappa shape index (κ2) is 5.88. The number of nitrogens with one attached hydrogen (secondary N) is 1. The van der Waals surface area contributed by atoms with Crippen molar-refractivity contribution in [1.82, 2.24) is 5.32 Å². The Morgan fingerprint density at radius 2 is 2.05 bits per heavy atom. The fourth-order valence-electron chi connectivity index (χ4n) is 2.08. The van der Waals surface area contributed by atoms with E-state index >= 15 is 0 Å². The lowest BCUT2D eigenvalue weighted by atomic mass is 10.1. The summed E-state index contributed by atoms with van der Waals surface area (Å²) in [5.74, 6) is 1.04. The molecule has 5 heteroatoms. The normalized spacial score (nSPS) is 17.6. The lowest BCUT2D eigenvalue weighted by molar-refractivity contribution is -0.117. The Kier molecular flexibility index (Phi) is 3.78. The van der Waals surface area contributed by atoms with Crippen LogP contribution in [0.25, 0.3) is 6.08 Å². The van der Waals surface area contributed by atoms with Crippen LogP contribution in [0, 0.1) is 11.3 Å². The van der Waals surface area contributed by atoms with Gasteiger partial charge in [-0.25, -0.2) is 0 Å². The number of nitrogens with zero attached hydrogens (tertiary/aromatic N) is 1. The predicted molar refractivity (Wildman–Crippen MR) is 76.8 cm³/mol. The van der Waals surface area contributed by atoms with Gasteiger partial charge in [-0.05, 0) is 36.6 Å². The fourth-order valence-corrected chi connectivity index (χ4v) is 2.08. The molecule has 21 heavy (non-hydrogen) atoms. The lowest BCUT2D eigenvalue weighted by Gasteiger charge is -2.08. The van der Waals surface area contributed by atoms with E-state index < -0.39 is 0 Å². The van der Waals surface area contributed by atoms with Crippen LogP contribution < -0.4 is 14.8 Å². The van der Waals surface area contributed by atoms with Gasteiger partial charge in [0.05, 0.1) is 13.2 Å². The molecule has 5 nitrogen and oxygen atoms in total. The molecule has 0 radical (unpaired) electrons. The van der Waals surface area contributed by atoms with Gasteiger partial charge in [0.15, 0.2) is 11.5 Å². The summed E-state index contributed by atoms with van der Waals surface area (Å²) in [6, 6.07) is 7.60. The highest BCUT2D eigenvalue weighted by atomic mass is 16.5. The summed E-state index contributed by atoms with van der Waals surface area (Å²) in [7, 11) is 0. The van der Waals surface area contributed by atoms with Crippen molar-refractivity contribution in [2.24, 2.45) is 0 Å². The van der Waals surface area contributed by atoms with E-state index in [-0.39, 0.29) is 17.5 Å². The van der Waals surface area contributed by atoms with Crippen LogP contribution in [0.1, 0.15) is 24.8 Å². The molecule has 0 atom stereocenters. The van der Waals surface area contributed by atoms with Crippen LogP contribution in [0.15, 0.2) is 23.8 Å². The number of carbonyl (C=O) groups is 1. The third kappa shape index (κ3) is 3.34. The molecule has 108 valence electrons. The molecular weight excluding hydrogens is 268 g/mol. The van der Waals surface area contributed by atoms with Crippen molar-refractivity contribution in [3.63, 3.8) is 0 Å². The Labute approximate surface area is 123 Å². The molecule has 0 saturated heterocycles. The van der Waals surface area contributed by atoms with Gasteiger partial charge >= 0.3 is 0 Å². The summed E-state index contributed by atoms with van der Waals surface area (Å²) >= 11 is 0. The van der Waals surface area contributed by atoms with Crippen molar-refractivity contribution < 1.29 is 14.3 Å².